The average Bonchev–Trinajstić information content (AvgIpc) is 2.82. The number of amides is 2. The van der Waals surface area contributed by atoms with E-state index in [-0.39, 0.29) is 40.7 Å². The molecule has 188 valence electrons. The van der Waals surface area contributed by atoms with E-state index in [1.54, 1.807) is 24.2 Å². The number of nitrogens with zero attached hydrogens (tertiary/aromatic N) is 3. The van der Waals surface area contributed by atoms with E-state index in [1.165, 1.54) is 6.07 Å². The van der Waals surface area contributed by atoms with E-state index in [4.69, 9.17) is 0 Å². The lowest BCUT2D eigenvalue weighted by atomic mass is 9.84. The van der Waals surface area contributed by atoms with E-state index in [1.807, 2.05) is 6.92 Å². The summed E-state index contributed by atoms with van der Waals surface area (Å²) < 4.78 is 39.3. The molecule has 1 aromatic heterocycles. The van der Waals surface area contributed by atoms with Crippen LogP contribution in [0.2, 0.25) is 0 Å². The fourth-order valence-corrected chi connectivity index (χ4v) is 5.84. The van der Waals surface area contributed by atoms with E-state index in [2.05, 4.69) is 20.6 Å². The summed E-state index contributed by atoms with van der Waals surface area (Å²) in [4.78, 5) is 36.6. The van der Waals surface area contributed by atoms with Gasteiger partial charge in [-0.3, -0.25) is 9.59 Å². The maximum absolute atomic E-state index is 15.2. The maximum atomic E-state index is 15.2. The second-order valence-electron chi connectivity index (χ2n) is 9.27. The molecule has 0 radical (unpaired) electrons. The number of benzene rings is 1. The number of halogens is 1. The number of rotatable bonds is 6. The van der Waals surface area contributed by atoms with Gasteiger partial charge in [-0.05, 0) is 55.9 Å². The van der Waals surface area contributed by atoms with Crippen LogP contribution in [-0.2, 0) is 31.4 Å². The zero-order chi connectivity index (χ0) is 25.4. The SMILES string of the molecule is CCc1cnc([C@@]2(Nc3cc(C)c(S(C)(=O)=O)cc3F)CCCN(C3CCNC(=O)C3)C2=O)nc1. The van der Waals surface area contributed by atoms with Gasteiger partial charge in [0.2, 0.25) is 5.91 Å². The first kappa shape index (κ1) is 25.0. The first-order valence-corrected chi connectivity index (χ1v) is 13.6. The summed E-state index contributed by atoms with van der Waals surface area (Å²) in [7, 11) is -3.63. The summed E-state index contributed by atoms with van der Waals surface area (Å²) in [6, 6.07) is 2.10. The number of carbonyl (C=O) groups is 2. The lowest BCUT2D eigenvalue weighted by Gasteiger charge is -2.45. The van der Waals surface area contributed by atoms with Crippen molar-refractivity contribution >= 4 is 27.3 Å². The van der Waals surface area contributed by atoms with Crippen molar-refractivity contribution in [3.8, 4) is 0 Å². The predicted octanol–water partition coefficient (Wildman–Crippen LogP) is 2.10. The molecule has 3 heterocycles. The number of anilines is 1. The molecular weight excluding hydrogens is 473 g/mol. The van der Waals surface area contributed by atoms with Crippen molar-refractivity contribution in [2.45, 2.75) is 62.4 Å². The first-order valence-electron chi connectivity index (χ1n) is 11.7. The third-order valence-electron chi connectivity index (χ3n) is 6.75. The van der Waals surface area contributed by atoms with Crippen molar-refractivity contribution < 1.29 is 22.4 Å². The van der Waals surface area contributed by atoms with Crippen LogP contribution in [0.1, 0.15) is 49.6 Å². The van der Waals surface area contributed by atoms with Gasteiger partial charge in [0.05, 0.1) is 10.6 Å². The van der Waals surface area contributed by atoms with E-state index in [0.717, 1.165) is 24.3 Å². The van der Waals surface area contributed by atoms with Crippen molar-refractivity contribution in [3.63, 3.8) is 0 Å². The summed E-state index contributed by atoms with van der Waals surface area (Å²) in [5.74, 6) is -1.01. The van der Waals surface area contributed by atoms with Crippen molar-refractivity contribution in [1.82, 2.24) is 20.2 Å². The molecule has 2 atom stereocenters. The molecule has 35 heavy (non-hydrogen) atoms. The minimum atomic E-state index is -3.63. The summed E-state index contributed by atoms with van der Waals surface area (Å²) >= 11 is 0. The zero-order valence-electron chi connectivity index (χ0n) is 20.1. The third-order valence-corrected chi connectivity index (χ3v) is 7.98. The molecular formula is C24H30FN5O4S. The Morgan fingerprint density at radius 1 is 1.26 bits per heavy atom. The van der Waals surface area contributed by atoms with Crippen LogP contribution >= 0.6 is 0 Å². The lowest BCUT2D eigenvalue weighted by molar-refractivity contribution is -0.144. The van der Waals surface area contributed by atoms with Crippen molar-refractivity contribution in [3.05, 3.63) is 47.3 Å². The van der Waals surface area contributed by atoms with Gasteiger partial charge in [-0.2, -0.15) is 0 Å². The Bertz CT molecular complexity index is 1250. The first-order chi connectivity index (χ1) is 16.5. The highest BCUT2D eigenvalue weighted by Gasteiger charge is 2.50. The maximum Gasteiger partial charge on any atom is 0.256 e. The van der Waals surface area contributed by atoms with Crippen molar-refractivity contribution in [1.29, 1.82) is 0 Å². The number of hydrogen-bond acceptors (Lipinski definition) is 7. The molecule has 0 spiro atoms. The van der Waals surface area contributed by atoms with Crippen LogP contribution in [0.3, 0.4) is 0 Å². The van der Waals surface area contributed by atoms with Crippen LogP contribution in [-0.4, -0.2) is 60.5 Å². The van der Waals surface area contributed by atoms with E-state index < -0.39 is 21.2 Å². The minimum Gasteiger partial charge on any atom is -0.363 e. The lowest BCUT2D eigenvalue weighted by Crippen LogP contribution is -2.60. The van der Waals surface area contributed by atoms with Gasteiger partial charge in [0.1, 0.15) is 5.82 Å². The fourth-order valence-electron chi connectivity index (χ4n) is 4.87. The van der Waals surface area contributed by atoms with Gasteiger partial charge in [-0.25, -0.2) is 22.8 Å². The largest absolute Gasteiger partial charge is 0.363 e. The zero-order valence-corrected chi connectivity index (χ0v) is 20.9. The molecule has 11 heteroatoms. The molecule has 0 saturated carbocycles. The summed E-state index contributed by atoms with van der Waals surface area (Å²) in [6.45, 7) is 4.50. The number of sulfone groups is 1. The molecule has 2 aromatic rings. The van der Waals surface area contributed by atoms with Crippen molar-refractivity contribution in [2.75, 3.05) is 24.7 Å². The number of hydrogen-bond donors (Lipinski definition) is 2. The highest BCUT2D eigenvalue weighted by Crippen LogP contribution is 2.38. The van der Waals surface area contributed by atoms with Gasteiger partial charge in [0.15, 0.2) is 21.2 Å². The number of nitrogens with one attached hydrogen (secondary N) is 2. The highest BCUT2D eigenvalue weighted by molar-refractivity contribution is 7.90. The molecule has 1 unspecified atom stereocenters. The van der Waals surface area contributed by atoms with Crippen LogP contribution in [0.4, 0.5) is 10.1 Å². The Kier molecular flexibility index (Phi) is 6.81. The molecule has 2 aliphatic heterocycles. The number of aromatic nitrogens is 2. The molecule has 2 saturated heterocycles. The molecule has 0 aliphatic carbocycles. The normalized spacial score (nSPS) is 23.2. The Morgan fingerprint density at radius 3 is 2.60 bits per heavy atom. The van der Waals surface area contributed by atoms with Crippen LogP contribution in [0.15, 0.2) is 29.4 Å². The Balaban J connectivity index is 1.79. The molecule has 2 amide bonds. The topological polar surface area (TPSA) is 121 Å². The van der Waals surface area contributed by atoms with Crippen molar-refractivity contribution in [2.24, 2.45) is 0 Å². The van der Waals surface area contributed by atoms with E-state index in [0.29, 0.717) is 37.9 Å². The molecule has 2 aliphatic rings. The Labute approximate surface area is 204 Å². The Hall–Kier alpha value is -3.08. The van der Waals surface area contributed by atoms with Gasteiger partial charge >= 0.3 is 0 Å². The second-order valence-corrected chi connectivity index (χ2v) is 11.3. The van der Waals surface area contributed by atoms with Gasteiger partial charge < -0.3 is 15.5 Å². The smallest absolute Gasteiger partial charge is 0.256 e. The Morgan fingerprint density at radius 2 is 1.97 bits per heavy atom. The van der Waals surface area contributed by atoms with Gasteiger partial charge in [0.25, 0.3) is 5.91 Å². The number of likely N-dealkylation sites (tertiary alicyclic amines) is 1. The van der Waals surface area contributed by atoms with Crippen LogP contribution < -0.4 is 10.6 Å². The fraction of sp³-hybridized carbons (Fsp3) is 0.500. The van der Waals surface area contributed by atoms with Crippen LogP contribution in [0, 0.1) is 12.7 Å². The number of carbonyl (C=O) groups excluding carboxylic acids is 2. The highest BCUT2D eigenvalue weighted by atomic mass is 32.2. The van der Waals surface area contributed by atoms with E-state index in [9.17, 15) is 18.0 Å². The van der Waals surface area contributed by atoms with Gasteiger partial charge in [-0.1, -0.05) is 6.92 Å². The second kappa shape index (κ2) is 9.52. The summed E-state index contributed by atoms with van der Waals surface area (Å²) in [6.07, 6.45) is 6.79. The monoisotopic (exact) mass is 503 g/mol. The molecule has 1 aromatic carbocycles. The standard InChI is InChI=1S/C24H30FN5O4S/c1-4-16-13-27-22(28-14-16)24(29-19-10-15(2)20(12-18(19)25)35(3,33)34)7-5-9-30(23(24)32)17-6-8-26-21(31)11-17/h10,12-14,17,29H,4-9,11H2,1-3H3,(H,26,31)/t17?,24-/m0/s1. The minimum absolute atomic E-state index is 0.00495. The molecule has 4 rings (SSSR count). The third kappa shape index (κ3) is 4.86. The van der Waals surface area contributed by atoms with E-state index >= 15 is 4.39 Å². The number of piperidine rings is 2. The van der Waals surface area contributed by atoms with Gasteiger partial charge in [0, 0.05) is 44.2 Å². The van der Waals surface area contributed by atoms with Crippen LogP contribution in [0.5, 0.6) is 0 Å². The summed E-state index contributed by atoms with van der Waals surface area (Å²) in [5, 5.41) is 5.87. The average molecular weight is 504 g/mol. The number of aryl methyl sites for hydroxylation is 2. The molecule has 0 bridgehead atoms. The molecule has 9 nitrogen and oxygen atoms in total. The predicted molar refractivity (Wildman–Crippen MR) is 128 cm³/mol. The summed E-state index contributed by atoms with van der Waals surface area (Å²) in [5.41, 5.74) is -0.210. The van der Waals surface area contributed by atoms with Gasteiger partial charge in [-0.15, -0.1) is 0 Å². The quantitative estimate of drug-likeness (QED) is 0.619. The van der Waals surface area contributed by atoms with Crippen LogP contribution in [0.25, 0.3) is 0 Å². The molecule has 2 N–H and O–H groups in total. The molecule has 2 fully saturated rings.